The van der Waals surface area contributed by atoms with Gasteiger partial charge in [0.05, 0.1) is 11.6 Å². The number of nitrogens with zero attached hydrogens (tertiary/aromatic N) is 3. The van der Waals surface area contributed by atoms with Gasteiger partial charge in [-0.05, 0) is 40.9 Å². The Bertz CT molecular complexity index is 835. The molecule has 114 valence electrons. The Balaban J connectivity index is 1.92. The Hall–Kier alpha value is -2.02. The largest absolute Gasteiger partial charge is 0.496 e. The van der Waals surface area contributed by atoms with Crippen molar-refractivity contribution in [2.45, 2.75) is 12.8 Å². The highest BCUT2D eigenvalue weighted by molar-refractivity contribution is 9.10. The molecule has 0 saturated carbocycles. The average Bonchev–Trinajstić information content (AvgIpc) is 2.98. The average molecular weight is 368 g/mol. The number of hydrogen-bond donors (Lipinski definition) is 0. The monoisotopic (exact) mass is 367 g/mol. The lowest BCUT2D eigenvalue weighted by atomic mass is 10.1. The minimum absolute atomic E-state index is 0.217. The van der Waals surface area contributed by atoms with Crippen LogP contribution in [0, 0.1) is 11.6 Å². The SMILES string of the molecule is COc1cc(F)cc(F)c1CCc1ccc(Br)c2nncn12. The summed E-state index contributed by atoms with van der Waals surface area (Å²) < 4.78 is 34.9. The Labute approximate surface area is 133 Å². The van der Waals surface area contributed by atoms with Crippen LogP contribution in [0.3, 0.4) is 0 Å². The van der Waals surface area contributed by atoms with Crippen LogP contribution in [0.4, 0.5) is 8.78 Å². The van der Waals surface area contributed by atoms with Gasteiger partial charge in [-0.2, -0.15) is 0 Å². The van der Waals surface area contributed by atoms with Crippen molar-refractivity contribution in [3.05, 3.63) is 58.0 Å². The molecule has 2 aromatic heterocycles. The third kappa shape index (κ3) is 2.68. The lowest BCUT2D eigenvalue weighted by Crippen LogP contribution is -2.03. The molecule has 7 heteroatoms. The van der Waals surface area contributed by atoms with Crippen LogP contribution in [-0.2, 0) is 12.8 Å². The van der Waals surface area contributed by atoms with E-state index < -0.39 is 11.6 Å². The second kappa shape index (κ2) is 6.00. The molecule has 0 radical (unpaired) electrons. The first-order valence-electron chi connectivity index (χ1n) is 6.59. The van der Waals surface area contributed by atoms with Gasteiger partial charge in [-0.25, -0.2) is 8.78 Å². The summed E-state index contributed by atoms with van der Waals surface area (Å²) in [6.07, 6.45) is 2.53. The molecule has 3 rings (SSSR count). The summed E-state index contributed by atoms with van der Waals surface area (Å²) in [5, 5.41) is 7.89. The summed E-state index contributed by atoms with van der Waals surface area (Å²) in [5.41, 5.74) is 1.98. The van der Waals surface area contributed by atoms with Crippen molar-refractivity contribution in [3.63, 3.8) is 0 Å². The van der Waals surface area contributed by atoms with Gasteiger partial charge in [-0.15, -0.1) is 10.2 Å². The molecule has 4 nitrogen and oxygen atoms in total. The predicted molar refractivity (Wildman–Crippen MR) is 81.0 cm³/mol. The summed E-state index contributed by atoms with van der Waals surface area (Å²) in [7, 11) is 1.40. The highest BCUT2D eigenvalue weighted by atomic mass is 79.9. The fraction of sp³-hybridized carbons (Fsp3) is 0.200. The molecule has 0 bridgehead atoms. The molecule has 0 aliphatic rings. The van der Waals surface area contributed by atoms with Crippen molar-refractivity contribution in [2.24, 2.45) is 0 Å². The first kappa shape index (κ1) is 14.9. The Morgan fingerprint density at radius 3 is 2.82 bits per heavy atom. The van der Waals surface area contributed by atoms with Crippen LogP contribution in [0.5, 0.6) is 5.75 Å². The zero-order valence-electron chi connectivity index (χ0n) is 11.7. The van der Waals surface area contributed by atoms with E-state index in [1.54, 1.807) is 6.33 Å². The topological polar surface area (TPSA) is 39.4 Å². The van der Waals surface area contributed by atoms with E-state index in [4.69, 9.17) is 4.74 Å². The Morgan fingerprint density at radius 2 is 2.05 bits per heavy atom. The summed E-state index contributed by atoms with van der Waals surface area (Å²) in [4.78, 5) is 0. The van der Waals surface area contributed by atoms with Crippen molar-refractivity contribution in [2.75, 3.05) is 7.11 Å². The highest BCUT2D eigenvalue weighted by Gasteiger charge is 2.13. The van der Waals surface area contributed by atoms with Crippen molar-refractivity contribution in [1.29, 1.82) is 0 Å². The molecule has 0 saturated heterocycles. The lowest BCUT2D eigenvalue weighted by molar-refractivity contribution is 0.399. The van der Waals surface area contributed by atoms with Crippen molar-refractivity contribution in [1.82, 2.24) is 14.6 Å². The molecule has 0 amide bonds. The van der Waals surface area contributed by atoms with Crippen LogP contribution >= 0.6 is 15.9 Å². The van der Waals surface area contributed by atoms with E-state index in [0.717, 1.165) is 16.2 Å². The molecule has 3 aromatic rings. The number of hydrogen-bond acceptors (Lipinski definition) is 3. The molecule has 0 atom stereocenters. The van der Waals surface area contributed by atoms with E-state index in [2.05, 4.69) is 26.1 Å². The van der Waals surface area contributed by atoms with Crippen molar-refractivity contribution in [3.8, 4) is 5.75 Å². The Kier molecular flexibility index (Phi) is 4.06. The minimum atomic E-state index is -0.650. The molecule has 0 N–H and O–H groups in total. The lowest BCUT2D eigenvalue weighted by Gasteiger charge is -2.11. The van der Waals surface area contributed by atoms with Crippen LogP contribution in [-0.4, -0.2) is 21.7 Å². The van der Waals surface area contributed by atoms with Gasteiger partial charge in [0.15, 0.2) is 5.65 Å². The highest BCUT2D eigenvalue weighted by Crippen LogP contribution is 2.25. The molecule has 1 aromatic carbocycles. The first-order valence-corrected chi connectivity index (χ1v) is 7.38. The second-order valence-electron chi connectivity index (χ2n) is 4.77. The van der Waals surface area contributed by atoms with E-state index in [-0.39, 0.29) is 5.75 Å². The van der Waals surface area contributed by atoms with Crippen molar-refractivity contribution >= 4 is 21.6 Å². The molecule has 2 heterocycles. The van der Waals surface area contributed by atoms with E-state index >= 15 is 0 Å². The molecule has 0 aliphatic carbocycles. The van der Waals surface area contributed by atoms with E-state index in [0.29, 0.717) is 24.1 Å². The van der Waals surface area contributed by atoms with Crippen LogP contribution in [0.2, 0.25) is 0 Å². The number of halogens is 3. The van der Waals surface area contributed by atoms with E-state index in [1.165, 1.54) is 13.2 Å². The number of rotatable bonds is 4. The van der Waals surface area contributed by atoms with Gasteiger partial charge in [-0.3, -0.25) is 4.40 Å². The molecule has 0 spiro atoms. The number of fused-ring (bicyclic) bond motifs is 1. The fourth-order valence-corrected chi connectivity index (χ4v) is 2.80. The summed E-state index contributed by atoms with van der Waals surface area (Å²) in [6, 6.07) is 5.84. The smallest absolute Gasteiger partial charge is 0.175 e. The third-order valence-corrected chi connectivity index (χ3v) is 4.08. The molecule has 22 heavy (non-hydrogen) atoms. The number of methoxy groups -OCH3 is 1. The van der Waals surface area contributed by atoms with Gasteiger partial charge in [0, 0.05) is 23.4 Å². The van der Waals surface area contributed by atoms with Crippen LogP contribution in [0.25, 0.3) is 5.65 Å². The maximum Gasteiger partial charge on any atom is 0.175 e. The van der Waals surface area contributed by atoms with Crippen LogP contribution < -0.4 is 4.74 Å². The fourth-order valence-electron chi connectivity index (χ4n) is 2.39. The third-order valence-electron chi connectivity index (χ3n) is 3.46. The maximum atomic E-state index is 14.0. The van der Waals surface area contributed by atoms with Crippen LogP contribution in [0.15, 0.2) is 35.1 Å². The number of pyridine rings is 1. The van der Waals surface area contributed by atoms with Gasteiger partial charge in [-0.1, -0.05) is 0 Å². The molecule has 0 unspecified atom stereocenters. The van der Waals surface area contributed by atoms with Gasteiger partial charge in [0.25, 0.3) is 0 Å². The van der Waals surface area contributed by atoms with Gasteiger partial charge in [0.1, 0.15) is 23.7 Å². The number of aryl methyl sites for hydroxylation is 1. The standard InChI is InChI=1S/C15H12BrF2N3O/c1-22-14-7-9(17)6-13(18)11(14)4-2-10-3-5-12(16)15-20-19-8-21(10)15/h3,5-8H,2,4H2,1H3. The van der Waals surface area contributed by atoms with Gasteiger partial charge in [0.2, 0.25) is 0 Å². The molecule has 0 fully saturated rings. The summed E-state index contributed by atoms with van der Waals surface area (Å²) in [5.74, 6) is -1.04. The molecular weight excluding hydrogens is 356 g/mol. The summed E-state index contributed by atoms with van der Waals surface area (Å²) >= 11 is 3.40. The summed E-state index contributed by atoms with van der Waals surface area (Å²) in [6.45, 7) is 0. The number of ether oxygens (including phenoxy) is 1. The number of benzene rings is 1. The van der Waals surface area contributed by atoms with Gasteiger partial charge >= 0.3 is 0 Å². The van der Waals surface area contributed by atoms with Gasteiger partial charge < -0.3 is 4.74 Å². The van der Waals surface area contributed by atoms with Crippen LogP contribution in [0.1, 0.15) is 11.3 Å². The zero-order chi connectivity index (χ0) is 15.7. The number of aromatic nitrogens is 3. The second-order valence-corrected chi connectivity index (χ2v) is 5.62. The molecule has 0 aliphatic heterocycles. The van der Waals surface area contributed by atoms with E-state index in [1.807, 2.05) is 16.5 Å². The van der Waals surface area contributed by atoms with E-state index in [9.17, 15) is 8.78 Å². The normalized spacial score (nSPS) is 11.1. The van der Waals surface area contributed by atoms with Crippen molar-refractivity contribution < 1.29 is 13.5 Å². The first-order chi connectivity index (χ1) is 10.6. The zero-order valence-corrected chi connectivity index (χ0v) is 13.3. The predicted octanol–water partition coefficient (Wildman–Crippen LogP) is 3.56. The maximum absolute atomic E-state index is 14.0. The Morgan fingerprint density at radius 1 is 1.23 bits per heavy atom. The molecular formula is C15H12BrF2N3O. The minimum Gasteiger partial charge on any atom is -0.496 e. The quantitative estimate of drug-likeness (QED) is 0.707.